The van der Waals surface area contributed by atoms with Crippen LogP contribution in [0.1, 0.15) is 67.5 Å². The number of piperidine rings is 1. The molecule has 0 saturated carbocycles. The number of aromatic nitrogens is 5. The molecule has 29 heavy (non-hydrogen) atoms. The van der Waals surface area contributed by atoms with Gasteiger partial charge in [0.05, 0.1) is 11.4 Å². The Morgan fingerprint density at radius 1 is 0.966 bits per heavy atom. The summed E-state index contributed by atoms with van der Waals surface area (Å²) in [5.74, 6) is 3.05. The van der Waals surface area contributed by atoms with Gasteiger partial charge in [0.2, 0.25) is 0 Å². The van der Waals surface area contributed by atoms with Crippen LogP contribution < -0.4 is 5.32 Å². The first-order valence-corrected chi connectivity index (χ1v) is 10.8. The minimum Gasteiger partial charge on any atom is -0.315 e. The van der Waals surface area contributed by atoms with Crippen LogP contribution in [-0.2, 0) is 32.6 Å². The van der Waals surface area contributed by atoms with E-state index in [0.29, 0.717) is 5.92 Å². The first-order valence-electron chi connectivity index (χ1n) is 10.8. The molecule has 3 aliphatic rings. The van der Waals surface area contributed by atoms with Crippen molar-refractivity contribution in [2.75, 3.05) is 19.6 Å². The molecule has 0 bridgehead atoms. The third-order valence-corrected chi connectivity index (χ3v) is 6.42. The maximum atomic E-state index is 4.85. The molecule has 0 aliphatic carbocycles. The molecular formula is C20H33Cl2N7. The van der Waals surface area contributed by atoms with Gasteiger partial charge in [0, 0.05) is 38.5 Å². The summed E-state index contributed by atoms with van der Waals surface area (Å²) in [5.41, 5.74) is 2.56. The summed E-state index contributed by atoms with van der Waals surface area (Å²) in [6.07, 6.45) is 8.51. The van der Waals surface area contributed by atoms with Gasteiger partial charge >= 0.3 is 0 Å². The quantitative estimate of drug-likeness (QED) is 0.792. The largest absolute Gasteiger partial charge is 0.315 e. The minimum absolute atomic E-state index is 0. The van der Waals surface area contributed by atoms with E-state index in [1.165, 1.54) is 61.6 Å². The van der Waals surface area contributed by atoms with Crippen LogP contribution in [0.25, 0.3) is 0 Å². The number of halogens is 2. The number of rotatable bonds is 3. The molecule has 0 radical (unpaired) electrons. The van der Waals surface area contributed by atoms with Crippen molar-refractivity contribution in [3.05, 3.63) is 29.1 Å². The fourth-order valence-electron chi connectivity index (χ4n) is 4.89. The van der Waals surface area contributed by atoms with Crippen LogP contribution in [-0.4, -0.2) is 49.1 Å². The van der Waals surface area contributed by atoms with Crippen LogP contribution in [0.15, 0.2) is 6.07 Å². The van der Waals surface area contributed by atoms with Crippen LogP contribution >= 0.6 is 24.8 Å². The van der Waals surface area contributed by atoms with Gasteiger partial charge in [0.1, 0.15) is 11.6 Å². The second-order valence-corrected chi connectivity index (χ2v) is 8.37. The Bertz CT molecular complexity index is 756. The molecule has 0 unspecified atom stereocenters. The molecule has 1 N–H and O–H groups in total. The van der Waals surface area contributed by atoms with Gasteiger partial charge in [-0.15, -0.1) is 35.0 Å². The lowest BCUT2D eigenvalue weighted by atomic mass is 9.95. The standard InChI is InChI=1S/C20H31N7.2ClH/c1-2-5-19-22-23-20(26(19)9-3-1)16-6-11-25(12-7-16)15-17-13-18-14-21-8-4-10-27(18)24-17;;/h13,16,21H,1-12,14-15H2;2*1H. The Morgan fingerprint density at radius 3 is 2.69 bits per heavy atom. The van der Waals surface area contributed by atoms with Crippen molar-refractivity contribution in [1.29, 1.82) is 0 Å². The highest BCUT2D eigenvalue weighted by molar-refractivity contribution is 5.85. The number of hydrogen-bond donors (Lipinski definition) is 1. The molecule has 162 valence electrons. The van der Waals surface area contributed by atoms with Crippen LogP contribution in [0.3, 0.4) is 0 Å². The molecule has 0 aromatic carbocycles. The van der Waals surface area contributed by atoms with Gasteiger partial charge in [0.15, 0.2) is 0 Å². The number of nitrogens with one attached hydrogen (secondary N) is 1. The molecule has 5 rings (SSSR count). The predicted molar refractivity (Wildman–Crippen MR) is 118 cm³/mol. The lowest BCUT2D eigenvalue weighted by Crippen LogP contribution is -2.33. The number of aryl methyl sites for hydroxylation is 2. The first-order chi connectivity index (χ1) is 13.4. The molecule has 1 fully saturated rings. The highest BCUT2D eigenvalue weighted by Gasteiger charge is 2.27. The number of nitrogens with zero attached hydrogens (tertiary/aromatic N) is 6. The molecule has 0 atom stereocenters. The van der Waals surface area contributed by atoms with E-state index in [1.54, 1.807) is 0 Å². The van der Waals surface area contributed by atoms with E-state index in [-0.39, 0.29) is 24.8 Å². The maximum absolute atomic E-state index is 4.85. The summed E-state index contributed by atoms with van der Waals surface area (Å²) in [5, 5.41) is 17.4. The van der Waals surface area contributed by atoms with Crippen molar-refractivity contribution in [2.45, 2.75) is 77.0 Å². The van der Waals surface area contributed by atoms with E-state index < -0.39 is 0 Å². The van der Waals surface area contributed by atoms with Crippen molar-refractivity contribution < 1.29 is 0 Å². The molecule has 9 heteroatoms. The third-order valence-electron chi connectivity index (χ3n) is 6.42. The van der Waals surface area contributed by atoms with Gasteiger partial charge in [-0.25, -0.2) is 0 Å². The van der Waals surface area contributed by atoms with Gasteiger partial charge < -0.3 is 9.88 Å². The number of hydrogen-bond acceptors (Lipinski definition) is 5. The van der Waals surface area contributed by atoms with E-state index in [0.717, 1.165) is 52.2 Å². The molecule has 2 aromatic heterocycles. The lowest BCUT2D eigenvalue weighted by Gasteiger charge is -2.31. The summed E-state index contributed by atoms with van der Waals surface area (Å²) >= 11 is 0. The Balaban J connectivity index is 0.00000120. The Kier molecular flexibility index (Phi) is 7.96. The van der Waals surface area contributed by atoms with Gasteiger partial charge in [-0.3, -0.25) is 9.58 Å². The molecule has 0 amide bonds. The van der Waals surface area contributed by atoms with Crippen LogP contribution in [0.5, 0.6) is 0 Å². The summed E-state index contributed by atoms with van der Waals surface area (Å²) in [6.45, 7) is 7.45. The fourth-order valence-corrected chi connectivity index (χ4v) is 4.89. The molecular weight excluding hydrogens is 409 g/mol. The maximum Gasteiger partial charge on any atom is 0.136 e. The normalized spacial score (nSPS) is 20.6. The minimum atomic E-state index is 0. The Labute approximate surface area is 185 Å². The van der Waals surface area contributed by atoms with Gasteiger partial charge in [0.25, 0.3) is 0 Å². The van der Waals surface area contributed by atoms with E-state index >= 15 is 0 Å². The van der Waals surface area contributed by atoms with Crippen molar-refractivity contribution in [1.82, 2.24) is 34.8 Å². The van der Waals surface area contributed by atoms with Crippen LogP contribution in [0, 0.1) is 0 Å². The summed E-state index contributed by atoms with van der Waals surface area (Å²) < 4.78 is 4.64. The highest BCUT2D eigenvalue weighted by atomic mass is 35.5. The van der Waals surface area contributed by atoms with Gasteiger partial charge in [-0.1, -0.05) is 6.42 Å². The molecule has 1 saturated heterocycles. The average molecular weight is 442 g/mol. The summed E-state index contributed by atoms with van der Waals surface area (Å²) in [7, 11) is 0. The van der Waals surface area contributed by atoms with Crippen LogP contribution in [0.2, 0.25) is 0 Å². The number of fused-ring (bicyclic) bond motifs is 2. The predicted octanol–water partition coefficient (Wildman–Crippen LogP) is 2.92. The van der Waals surface area contributed by atoms with Crippen molar-refractivity contribution in [3.8, 4) is 0 Å². The smallest absolute Gasteiger partial charge is 0.136 e. The molecule has 3 aliphatic heterocycles. The second-order valence-electron chi connectivity index (χ2n) is 8.37. The molecule has 0 spiro atoms. The van der Waals surface area contributed by atoms with Crippen molar-refractivity contribution >= 4 is 24.8 Å². The average Bonchev–Trinajstić information content (AvgIpc) is 3.08. The zero-order valence-electron chi connectivity index (χ0n) is 17.1. The second kappa shape index (κ2) is 10.2. The van der Waals surface area contributed by atoms with Gasteiger partial charge in [-0.2, -0.15) is 5.10 Å². The number of likely N-dealkylation sites (tertiary alicyclic amines) is 1. The SMILES string of the molecule is Cl.Cl.c1c(CN2CCC(c3nnc4n3CCCCC4)CC2)nn2c1CNCCC2. The van der Waals surface area contributed by atoms with E-state index in [2.05, 4.69) is 35.7 Å². The van der Waals surface area contributed by atoms with E-state index in [9.17, 15) is 0 Å². The Hall–Kier alpha value is -1.15. The van der Waals surface area contributed by atoms with E-state index in [4.69, 9.17) is 5.10 Å². The molecule has 5 heterocycles. The zero-order valence-corrected chi connectivity index (χ0v) is 18.7. The zero-order chi connectivity index (χ0) is 18.1. The van der Waals surface area contributed by atoms with Crippen molar-refractivity contribution in [3.63, 3.8) is 0 Å². The van der Waals surface area contributed by atoms with E-state index in [1.807, 2.05) is 0 Å². The Morgan fingerprint density at radius 2 is 1.83 bits per heavy atom. The van der Waals surface area contributed by atoms with Crippen LogP contribution in [0.4, 0.5) is 0 Å². The summed E-state index contributed by atoms with van der Waals surface area (Å²) in [6, 6.07) is 2.29. The first kappa shape index (κ1) is 22.5. The third kappa shape index (κ3) is 4.95. The topological polar surface area (TPSA) is 63.8 Å². The van der Waals surface area contributed by atoms with Gasteiger partial charge in [-0.05, 0) is 57.8 Å². The summed E-state index contributed by atoms with van der Waals surface area (Å²) in [4.78, 5) is 2.56. The lowest BCUT2D eigenvalue weighted by molar-refractivity contribution is 0.197. The molecule has 2 aromatic rings. The highest BCUT2D eigenvalue weighted by Crippen LogP contribution is 2.29. The fraction of sp³-hybridized carbons (Fsp3) is 0.750. The monoisotopic (exact) mass is 441 g/mol. The van der Waals surface area contributed by atoms with Crippen molar-refractivity contribution in [2.24, 2.45) is 0 Å². The molecule has 7 nitrogen and oxygen atoms in total.